The number of hydrogen-bond acceptors (Lipinski definition) is 4. The summed E-state index contributed by atoms with van der Waals surface area (Å²) < 4.78 is 26.6. The maximum Gasteiger partial charge on any atom is 0.229 e. The molecule has 0 saturated carbocycles. The van der Waals surface area contributed by atoms with Gasteiger partial charge < -0.3 is 10.6 Å². The molecule has 7 heteroatoms. The Morgan fingerprint density at radius 3 is 2.54 bits per heavy atom. The molecule has 0 atom stereocenters. The lowest BCUT2D eigenvalue weighted by Gasteiger charge is -2.09. The van der Waals surface area contributed by atoms with Gasteiger partial charge in [0, 0.05) is 23.8 Å². The van der Waals surface area contributed by atoms with E-state index in [-0.39, 0.29) is 11.6 Å². The van der Waals surface area contributed by atoms with Crippen molar-refractivity contribution in [2.45, 2.75) is 6.54 Å². The van der Waals surface area contributed by atoms with Crippen molar-refractivity contribution in [1.29, 1.82) is 0 Å². The first kappa shape index (κ1) is 16.1. The molecule has 0 bridgehead atoms. The van der Waals surface area contributed by atoms with Crippen LogP contribution in [0, 0.1) is 11.6 Å². The number of aromatic nitrogens is 2. The molecule has 0 radical (unpaired) electrons. The Balaban J connectivity index is 1.68. The third-order valence-electron chi connectivity index (χ3n) is 3.22. The number of halogens is 3. The van der Waals surface area contributed by atoms with E-state index in [1.165, 1.54) is 6.07 Å². The number of nitrogens with zero attached hydrogens (tertiary/aromatic N) is 2. The van der Waals surface area contributed by atoms with Crippen LogP contribution < -0.4 is 10.6 Å². The quantitative estimate of drug-likeness (QED) is 0.699. The Kier molecular flexibility index (Phi) is 4.86. The number of anilines is 3. The highest BCUT2D eigenvalue weighted by Gasteiger charge is 2.06. The van der Waals surface area contributed by atoms with Crippen molar-refractivity contribution in [3.05, 3.63) is 76.9 Å². The van der Waals surface area contributed by atoms with Crippen LogP contribution >= 0.6 is 11.6 Å². The van der Waals surface area contributed by atoms with E-state index < -0.39 is 11.6 Å². The fourth-order valence-electron chi connectivity index (χ4n) is 2.02. The van der Waals surface area contributed by atoms with Gasteiger partial charge in [-0.1, -0.05) is 23.7 Å². The molecule has 0 aliphatic rings. The molecule has 1 aromatic heterocycles. The van der Waals surface area contributed by atoms with E-state index in [4.69, 9.17) is 11.6 Å². The van der Waals surface area contributed by atoms with Crippen LogP contribution in [0.1, 0.15) is 5.56 Å². The summed E-state index contributed by atoms with van der Waals surface area (Å²) >= 11 is 5.85. The minimum absolute atomic E-state index is 0.103. The number of rotatable bonds is 5. The third-order valence-corrected chi connectivity index (χ3v) is 3.47. The third kappa shape index (κ3) is 4.17. The lowest BCUT2D eigenvalue weighted by molar-refractivity contribution is 0.586. The average molecular weight is 347 g/mol. The summed E-state index contributed by atoms with van der Waals surface area (Å²) in [6, 6.07) is 12.4. The van der Waals surface area contributed by atoms with Crippen molar-refractivity contribution >= 4 is 29.1 Å². The molecule has 0 spiro atoms. The number of hydrogen-bond donors (Lipinski definition) is 2. The van der Waals surface area contributed by atoms with Crippen LogP contribution in [0.15, 0.2) is 54.7 Å². The van der Waals surface area contributed by atoms with Crippen LogP contribution in [-0.4, -0.2) is 9.97 Å². The van der Waals surface area contributed by atoms with Crippen LogP contribution in [0.4, 0.5) is 26.2 Å². The average Bonchev–Trinajstić information content (AvgIpc) is 2.57. The molecule has 1 heterocycles. The zero-order valence-corrected chi connectivity index (χ0v) is 13.2. The fraction of sp³-hybridized carbons (Fsp3) is 0.0588. The highest BCUT2D eigenvalue weighted by Crippen LogP contribution is 2.19. The molecule has 0 amide bonds. The van der Waals surface area contributed by atoms with E-state index in [0.29, 0.717) is 17.4 Å². The van der Waals surface area contributed by atoms with Crippen LogP contribution in [0.2, 0.25) is 5.02 Å². The molecule has 0 unspecified atom stereocenters. The second-order valence-electron chi connectivity index (χ2n) is 4.99. The normalized spacial score (nSPS) is 10.5. The zero-order valence-electron chi connectivity index (χ0n) is 12.4. The van der Waals surface area contributed by atoms with Gasteiger partial charge in [-0.2, -0.15) is 4.98 Å². The molecule has 24 heavy (non-hydrogen) atoms. The Bertz CT molecular complexity index is 840. The Morgan fingerprint density at radius 2 is 1.79 bits per heavy atom. The first-order chi connectivity index (χ1) is 11.6. The summed E-state index contributed by atoms with van der Waals surface area (Å²) in [5, 5.41) is 6.54. The molecule has 4 nitrogen and oxygen atoms in total. The first-order valence-electron chi connectivity index (χ1n) is 7.13. The Hall–Kier alpha value is -2.73. The summed E-state index contributed by atoms with van der Waals surface area (Å²) in [6.07, 6.45) is 1.54. The van der Waals surface area contributed by atoms with E-state index in [1.54, 1.807) is 12.3 Å². The van der Waals surface area contributed by atoms with Gasteiger partial charge in [0.05, 0.1) is 5.69 Å². The van der Waals surface area contributed by atoms with E-state index in [2.05, 4.69) is 20.6 Å². The molecule has 0 aliphatic heterocycles. The summed E-state index contributed by atoms with van der Waals surface area (Å²) in [5.74, 6) is -0.568. The molecular weight excluding hydrogens is 334 g/mol. The number of nitrogens with one attached hydrogen (secondary N) is 2. The van der Waals surface area contributed by atoms with E-state index in [0.717, 1.165) is 17.7 Å². The van der Waals surface area contributed by atoms with Gasteiger partial charge in [0.25, 0.3) is 0 Å². The van der Waals surface area contributed by atoms with Crippen LogP contribution in [0.5, 0.6) is 0 Å². The van der Waals surface area contributed by atoms with Crippen molar-refractivity contribution in [3.8, 4) is 0 Å². The van der Waals surface area contributed by atoms with E-state index in [1.807, 2.05) is 24.3 Å². The predicted octanol–water partition coefficient (Wildman–Crippen LogP) is 4.76. The van der Waals surface area contributed by atoms with E-state index >= 15 is 0 Å². The molecule has 3 rings (SSSR count). The standard InChI is InChI=1S/C17H13ClF2N4/c18-12-3-1-11(2-4-12)10-22-16-7-8-21-17(24-16)23-15-6-5-13(19)9-14(15)20/h1-9H,10H2,(H2,21,22,23,24). The van der Waals surface area contributed by atoms with Gasteiger partial charge in [0.2, 0.25) is 5.95 Å². The Morgan fingerprint density at radius 1 is 1.00 bits per heavy atom. The van der Waals surface area contributed by atoms with Gasteiger partial charge in [-0.15, -0.1) is 0 Å². The van der Waals surface area contributed by atoms with Gasteiger partial charge in [-0.05, 0) is 35.9 Å². The van der Waals surface area contributed by atoms with Gasteiger partial charge in [-0.3, -0.25) is 0 Å². The van der Waals surface area contributed by atoms with Crippen LogP contribution in [0.3, 0.4) is 0 Å². The Labute approximate surface area is 142 Å². The molecule has 0 saturated heterocycles. The lowest BCUT2D eigenvalue weighted by Crippen LogP contribution is -2.04. The lowest BCUT2D eigenvalue weighted by atomic mass is 10.2. The van der Waals surface area contributed by atoms with Gasteiger partial charge >= 0.3 is 0 Å². The van der Waals surface area contributed by atoms with Crippen molar-refractivity contribution < 1.29 is 8.78 Å². The zero-order chi connectivity index (χ0) is 16.9. The predicted molar refractivity (Wildman–Crippen MR) is 90.5 cm³/mol. The molecule has 122 valence electrons. The largest absolute Gasteiger partial charge is 0.366 e. The minimum Gasteiger partial charge on any atom is -0.366 e. The number of benzene rings is 2. The molecular formula is C17H13ClF2N4. The van der Waals surface area contributed by atoms with Gasteiger partial charge in [-0.25, -0.2) is 13.8 Å². The molecule has 3 aromatic rings. The van der Waals surface area contributed by atoms with Crippen molar-refractivity contribution in [1.82, 2.24) is 9.97 Å². The maximum atomic E-state index is 13.7. The smallest absolute Gasteiger partial charge is 0.229 e. The van der Waals surface area contributed by atoms with Gasteiger partial charge in [0.1, 0.15) is 17.5 Å². The highest BCUT2D eigenvalue weighted by molar-refractivity contribution is 6.30. The molecule has 0 aliphatic carbocycles. The molecule has 2 N–H and O–H groups in total. The van der Waals surface area contributed by atoms with E-state index in [9.17, 15) is 8.78 Å². The summed E-state index contributed by atoms with van der Waals surface area (Å²) in [7, 11) is 0. The SMILES string of the molecule is Fc1ccc(Nc2nccc(NCc3ccc(Cl)cc3)n2)c(F)c1. The van der Waals surface area contributed by atoms with Crippen molar-refractivity contribution in [2.24, 2.45) is 0 Å². The topological polar surface area (TPSA) is 49.8 Å². The second-order valence-corrected chi connectivity index (χ2v) is 5.43. The first-order valence-corrected chi connectivity index (χ1v) is 7.51. The monoisotopic (exact) mass is 346 g/mol. The van der Waals surface area contributed by atoms with Crippen molar-refractivity contribution in [3.63, 3.8) is 0 Å². The molecule has 2 aromatic carbocycles. The minimum atomic E-state index is -0.710. The summed E-state index contributed by atoms with van der Waals surface area (Å²) in [6.45, 7) is 0.554. The summed E-state index contributed by atoms with van der Waals surface area (Å²) in [4.78, 5) is 8.27. The molecule has 0 fully saturated rings. The highest BCUT2D eigenvalue weighted by atomic mass is 35.5. The fourth-order valence-corrected chi connectivity index (χ4v) is 2.15. The van der Waals surface area contributed by atoms with Crippen LogP contribution in [0.25, 0.3) is 0 Å². The van der Waals surface area contributed by atoms with Crippen molar-refractivity contribution in [2.75, 3.05) is 10.6 Å². The maximum absolute atomic E-state index is 13.7. The summed E-state index contributed by atoms with van der Waals surface area (Å²) in [5.41, 5.74) is 1.14. The van der Waals surface area contributed by atoms with Crippen LogP contribution in [-0.2, 0) is 6.54 Å². The second kappa shape index (κ2) is 7.23. The van der Waals surface area contributed by atoms with Gasteiger partial charge in [0.15, 0.2) is 0 Å².